The van der Waals surface area contributed by atoms with Crippen molar-refractivity contribution in [3.63, 3.8) is 0 Å². The highest BCUT2D eigenvalue weighted by molar-refractivity contribution is 7.89. The van der Waals surface area contributed by atoms with E-state index < -0.39 is 10.0 Å². The number of nitrogens with one attached hydrogen (secondary N) is 1. The third-order valence-corrected chi connectivity index (χ3v) is 6.87. The van der Waals surface area contributed by atoms with Gasteiger partial charge in [-0.25, -0.2) is 13.1 Å². The Bertz CT molecular complexity index is 908. The van der Waals surface area contributed by atoms with Crippen molar-refractivity contribution in [2.45, 2.75) is 10.9 Å². The molecule has 1 atom stereocenters. The summed E-state index contributed by atoms with van der Waals surface area (Å²) in [7, 11) is 1.74. The molecule has 1 fully saturated rings. The van der Waals surface area contributed by atoms with E-state index in [0.29, 0.717) is 5.02 Å². The molecule has 154 valence electrons. The highest BCUT2D eigenvalue weighted by atomic mass is 35.5. The lowest BCUT2D eigenvalue weighted by Gasteiger charge is -2.38. The predicted octanol–water partition coefficient (Wildman–Crippen LogP) is 1.95. The summed E-state index contributed by atoms with van der Waals surface area (Å²) in [6.45, 7) is 3.94. The largest absolute Gasteiger partial charge is 0.495 e. The Labute approximate surface area is 171 Å². The fraction of sp³-hybridized carbons (Fsp3) is 0.474. The van der Waals surface area contributed by atoms with E-state index in [1.165, 1.54) is 13.2 Å². The number of nitrogens with zero attached hydrogens (tertiary/aromatic N) is 3. The fourth-order valence-electron chi connectivity index (χ4n) is 3.50. The summed E-state index contributed by atoms with van der Waals surface area (Å²) in [5.74, 6) is 0.270. The van der Waals surface area contributed by atoms with Crippen LogP contribution in [0.5, 0.6) is 5.75 Å². The Hall–Kier alpha value is -1.58. The van der Waals surface area contributed by atoms with Crippen molar-refractivity contribution in [1.29, 1.82) is 0 Å². The molecular weight excluding hydrogens is 400 g/mol. The van der Waals surface area contributed by atoms with Gasteiger partial charge in [-0.15, -0.1) is 0 Å². The number of halogens is 1. The maximum atomic E-state index is 13.0. The normalized spacial score (nSPS) is 17.6. The molecule has 2 heterocycles. The minimum atomic E-state index is -3.78. The Morgan fingerprint density at radius 3 is 2.50 bits per heavy atom. The van der Waals surface area contributed by atoms with Crippen molar-refractivity contribution >= 4 is 21.6 Å². The van der Waals surface area contributed by atoms with Crippen molar-refractivity contribution < 1.29 is 13.2 Å². The molecular formula is C19H27ClN4O3S. The molecule has 28 heavy (non-hydrogen) atoms. The number of aryl methyl sites for hydroxylation is 1. The second-order valence-corrected chi connectivity index (χ2v) is 9.22. The van der Waals surface area contributed by atoms with Gasteiger partial charge in [0.15, 0.2) is 0 Å². The fourth-order valence-corrected chi connectivity index (χ4v) is 4.97. The van der Waals surface area contributed by atoms with Gasteiger partial charge < -0.3 is 14.2 Å². The van der Waals surface area contributed by atoms with E-state index in [-0.39, 0.29) is 23.2 Å². The zero-order valence-corrected chi connectivity index (χ0v) is 18.0. The molecule has 1 N–H and O–H groups in total. The lowest BCUT2D eigenvalue weighted by Crippen LogP contribution is -2.48. The van der Waals surface area contributed by atoms with Crippen molar-refractivity contribution in [2.75, 3.05) is 46.9 Å². The van der Waals surface area contributed by atoms with Crippen LogP contribution in [-0.4, -0.2) is 69.7 Å². The molecule has 0 aliphatic carbocycles. The molecule has 3 rings (SSSR count). The van der Waals surface area contributed by atoms with E-state index in [0.717, 1.165) is 31.9 Å². The number of sulfonamides is 1. The quantitative estimate of drug-likeness (QED) is 0.733. The highest BCUT2D eigenvalue weighted by Gasteiger charge is 2.28. The van der Waals surface area contributed by atoms with Gasteiger partial charge in [0, 0.05) is 56.7 Å². The topological polar surface area (TPSA) is 66.8 Å². The van der Waals surface area contributed by atoms with Crippen LogP contribution in [-0.2, 0) is 17.1 Å². The molecule has 1 aromatic carbocycles. The first-order chi connectivity index (χ1) is 13.3. The third-order valence-electron chi connectivity index (χ3n) is 5.19. The second-order valence-electron chi connectivity index (χ2n) is 7.05. The number of ether oxygens (including phenoxy) is 1. The predicted molar refractivity (Wildman–Crippen MR) is 110 cm³/mol. The number of benzene rings is 1. The Balaban J connectivity index is 1.83. The van der Waals surface area contributed by atoms with Crippen molar-refractivity contribution in [2.24, 2.45) is 7.05 Å². The van der Waals surface area contributed by atoms with Crippen LogP contribution in [0.2, 0.25) is 5.02 Å². The van der Waals surface area contributed by atoms with Crippen LogP contribution < -0.4 is 9.46 Å². The van der Waals surface area contributed by atoms with Gasteiger partial charge in [0.2, 0.25) is 10.0 Å². The van der Waals surface area contributed by atoms with Gasteiger partial charge in [-0.3, -0.25) is 4.90 Å². The van der Waals surface area contributed by atoms with Crippen LogP contribution in [0, 0.1) is 0 Å². The smallest absolute Gasteiger partial charge is 0.244 e. The minimum Gasteiger partial charge on any atom is -0.495 e. The standard InChI is InChI=1S/C19H27ClN4O3S/c1-22-9-11-24(12-10-22)17(16-5-4-8-23(16)2)14-21-28(25,26)19-13-15(20)6-7-18(19)27-3/h4-8,13,17,21H,9-12,14H2,1-3H3. The van der Waals surface area contributed by atoms with E-state index >= 15 is 0 Å². The first-order valence-electron chi connectivity index (χ1n) is 9.19. The van der Waals surface area contributed by atoms with Crippen LogP contribution >= 0.6 is 11.6 Å². The average Bonchev–Trinajstić information content (AvgIpc) is 3.09. The summed E-state index contributed by atoms with van der Waals surface area (Å²) in [5, 5.41) is 0.347. The van der Waals surface area contributed by atoms with Gasteiger partial charge in [-0.1, -0.05) is 11.6 Å². The molecule has 0 spiro atoms. The van der Waals surface area contributed by atoms with Crippen molar-refractivity contribution in [3.8, 4) is 5.75 Å². The molecule has 1 unspecified atom stereocenters. The number of aromatic nitrogens is 1. The summed E-state index contributed by atoms with van der Waals surface area (Å²) in [4.78, 5) is 4.65. The maximum absolute atomic E-state index is 13.0. The number of piperazine rings is 1. The number of hydrogen-bond donors (Lipinski definition) is 1. The number of likely N-dealkylation sites (N-methyl/N-ethyl adjacent to an activating group) is 1. The van der Waals surface area contributed by atoms with E-state index in [2.05, 4.69) is 21.6 Å². The molecule has 1 aliphatic heterocycles. The number of rotatable bonds is 7. The molecule has 1 aromatic heterocycles. The van der Waals surface area contributed by atoms with Gasteiger partial charge in [-0.2, -0.15) is 0 Å². The van der Waals surface area contributed by atoms with Gasteiger partial charge in [0.25, 0.3) is 0 Å². The van der Waals surface area contributed by atoms with Gasteiger partial charge >= 0.3 is 0 Å². The van der Waals surface area contributed by atoms with Crippen LogP contribution in [0.15, 0.2) is 41.4 Å². The zero-order valence-electron chi connectivity index (χ0n) is 16.4. The SMILES string of the molecule is COc1ccc(Cl)cc1S(=O)(=O)NCC(c1cccn1C)N1CCN(C)CC1. The second kappa shape index (κ2) is 8.84. The minimum absolute atomic E-state index is 0.0477. The molecule has 0 bridgehead atoms. The Morgan fingerprint density at radius 2 is 1.89 bits per heavy atom. The van der Waals surface area contributed by atoms with E-state index in [9.17, 15) is 8.42 Å². The van der Waals surface area contributed by atoms with Crippen LogP contribution in [0.4, 0.5) is 0 Å². The monoisotopic (exact) mass is 426 g/mol. The molecule has 9 heteroatoms. The molecule has 7 nitrogen and oxygen atoms in total. The van der Waals surface area contributed by atoms with E-state index in [1.807, 2.05) is 29.9 Å². The maximum Gasteiger partial charge on any atom is 0.244 e. The summed E-state index contributed by atoms with van der Waals surface area (Å²) in [6.07, 6.45) is 1.98. The number of hydrogen-bond acceptors (Lipinski definition) is 5. The molecule has 1 saturated heterocycles. The number of methoxy groups -OCH3 is 1. The van der Waals surface area contributed by atoms with Gasteiger partial charge in [0.05, 0.1) is 13.2 Å². The molecule has 2 aromatic rings. The van der Waals surface area contributed by atoms with Crippen LogP contribution in [0.1, 0.15) is 11.7 Å². The van der Waals surface area contributed by atoms with Crippen molar-refractivity contribution in [1.82, 2.24) is 19.1 Å². The summed E-state index contributed by atoms with van der Waals surface area (Å²) in [6, 6.07) is 8.54. The Kier molecular flexibility index (Phi) is 6.67. The first kappa shape index (κ1) is 21.1. The zero-order chi connectivity index (χ0) is 20.3. The summed E-state index contributed by atoms with van der Waals surface area (Å²) < 4.78 is 36.0. The van der Waals surface area contributed by atoms with E-state index in [1.54, 1.807) is 12.1 Å². The van der Waals surface area contributed by atoms with Crippen LogP contribution in [0.3, 0.4) is 0 Å². The third kappa shape index (κ3) is 4.69. The summed E-state index contributed by atoms with van der Waals surface area (Å²) >= 11 is 6.02. The van der Waals surface area contributed by atoms with Crippen molar-refractivity contribution in [3.05, 3.63) is 47.2 Å². The lowest BCUT2D eigenvalue weighted by atomic mass is 10.1. The Morgan fingerprint density at radius 1 is 1.18 bits per heavy atom. The van der Waals surface area contributed by atoms with E-state index in [4.69, 9.17) is 16.3 Å². The molecule has 0 radical (unpaired) electrons. The highest BCUT2D eigenvalue weighted by Crippen LogP contribution is 2.28. The van der Waals surface area contributed by atoms with Gasteiger partial charge in [-0.05, 0) is 37.4 Å². The van der Waals surface area contributed by atoms with Crippen LogP contribution in [0.25, 0.3) is 0 Å². The molecule has 0 amide bonds. The molecule has 1 aliphatic rings. The van der Waals surface area contributed by atoms with Gasteiger partial charge in [0.1, 0.15) is 10.6 Å². The lowest BCUT2D eigenvalue weighted by molar-refractivity contribution is 0.109. The first-order valence-corrected chi connectivity index (χ1v) is 11.0. The average molecular weight is 427 g/mol. The summed E-state index contributed by atoms with van der Waals surface area (Å²) in [5.41, 5.74) is 1.07. The molecule has 0 saturated carbocycles.